The van der Waals surface area contributed by atoms with Crippen LogP contribution >= 0.6 is 24.0 Å². The number of benzene rings is 1. The van der Waals surface area contributed by atoms with Gasteiger partial charge in [0.25, 0.3) is 0 Å². The van der Waals surface area contributed by atoms with E-state index in [-0.39, 0.29) is 36.4 Å². The molecule has 0 heterocycles. The highest BCUT2D eigenvalue weighted by molar-refractivity contribution is 14.0. The van der Waals surface area contributed by atoms with Crippen molar-refractivity contribution in [2.24, 2.45) is 4.99 Å². The molecule has 0 aliphatic heterocycles. The molecule has 0 unspecified atom stereocenters. The van der Waals surface area contributed by atoms with Gasteiger partial charge in [-0.2, -0.15) is 0 Å². The smallest absolute Gasteiger partial charge is 0.412 e. The molecule has 1 aromatic rings. The van der Waals surface area contributed by atoms with Gasteiger partial charge in [-0.05, 0) is 51.8 Å². The van der Waals surface area contributed by atoms with Crippen molar-refractivity contribution in [1.82, 2.24) is 10.6 Å². The largest absolute Gasteiger partial charge is 0.469 e. The van der Waals surface area contributed by atoms with Crippen LogP contribution in [0.2, 0.25) is 0 Å². The summed E-state index contributed by atoms with van der Waals surface area (Å²) in [4.78, 5) is 27.3. The maximum Gasteiger partial charge on any atom is 0.412 e. The molecule has 1 aromatic carbocycles. The Balaban J connectivity index is 0.00000784. The molecule has 0 spiro atoms. The monoisotopic (exact) mass is 520 g/mol. The van der Waals surface area contributed by atoms with Crippen LogP contribution in [0.3, 0.4) is 0 Å². The van der Waals surface area contributed by atoms with Crippen molar-refractivity contribution < 1.29 is 19.1 Å². The Morgan fingerprint density at radius 2 is 1.76 bits per heavy atom. The quantitative estimate of drug-likeness (QED) is 0.211. The van der Waals surface area contributed by atoms with E-state index in [9.17, 15) is 9.59 Å². The van der Waals surface area contributed by atoms with Gasteiger partial charge in [0.1, 0.15) is 5.60 Å². The summed E-state index contributed by atoms with van der Waals surface area (Å²) in [6, 6.07) is 7.59. The maximum absolute atomic E-state index is 11.8. The van der Waals surface area contributed by atoms with Crippen LogP contribution in [0.25, 0.3) is 0 Å². The van der Waals surface area contributed by atoms with Gasteiger partial charge in [-0.15, -0.1) is 24.0 Å². The molecule has 0 saturated heterocycles. The van der Waals surface area contributed by atoms with E-state index in [1.807, 2.05) is 52.0 Å². The molecule has 0 aliphatic carbocycles. The summed E-state index contributed by atoms with van der Waals surface area (Å²) in [5.74, 6) is 0.384. The number of halogens is 1. The van der Waals surface area contributed by atoms with Gasteiger partial charge in [0, 0.05) is 18.8 Å². The first-order valence-corrected chi connectivity index (χ1v) is 9.41. The first-order chi connectivity index (χ1) is 13.2. The van der Waals surface area contributed by atoms with E-state index >= 15 is 0 Å². The summed E-state index contributed by atoms with van der Waals surface area (Å²) in [6.07, 6.45) is 0.563. The van der Waals surface area contributed by atoms with Crippen LogP contribution in [-0.2, 0) is 20.7 Å². The molecular weight excluding hydrogens is 487 g/mol. The Hall–Kier alpha value is -2.04. The van der Waals surface area contributed by atoms with Crippen molar-refractivity contribution in [1.29, 1.82) is 0 Å². The average Bonchev–Trinajstić information content (AvgIpc) is 2.61. The lowest BCUT2D eigenvalue weighted by molar-refractivity contribution is -0.140. The van der Waals surface area contributed by atoms with Gasteiger partial charge in [0.2, 0.25) is 0 Å². The lowest BCUT2D eigenvalue weighted by atomic mass is 10.1. The number of ether oxygens (including phenoxy) is 2. The molecule has 1 amide bonds. The lowest BCUT2D eigenvalue weighted by Gasteiger charge is -2.19. The topological polar surface area (TPSA) is 101 Å². The van der Waals surface area contributed by atoms with E-state index in [1.54, 1.807) is 0 Å². The molecule has 0 radical (unpaired) electrons. The Morgan fingerprint density at radius 3 is 2.31 bits per heavy atom. The number of esters is 1. The molecule has 1 rings (SSSR count). The van der Waals surface area contributed by atoms with Crippen molar-refractivity contribution in [2.75, 3.05) is 32.1 Å². The summed E-state index contributed by atoms with van der Waals surface area (Å²) in [6.45, 7) is 9.23. The highest BCUT2D eigenvalue weighted by Gasteiger charge is 2.16. The fourth-order valence-electron chi connectivity index (χ4n) is 2.20. The van der Waals surface area contributed by atoms with Crippen LogP contribution in [0.1, 0.15) is 39.7 Å². The summed E-state index contributed by atoms with van der Waals surface area (Å²) >= 11 is 0. The van der Waals surface area contributed by atoms with Gasteiger partial charge < -0.3 is 20.1 Å². The second-order valence-electron chi connectivity index (χ2n) is 7.09. The molecule has 0 saturated carbocycles. The molecule has 0 bridgehead atoms. The average molecular weight is 520 g/mol. The first-order valence-electron chi connectivity index (χ1n) is 9.41. The van der Waals surface area contributed by atoms with E-state index in [0.717, 1.165) is 18.5 Å². The number of hydrogen-bond acceptors (Lipinski definition) is 5. The highest BCUT2D eigenvalue weighted by Crippen LogP contribution is 2.13. The number of guanidine groups is 1. The minimum atomic E-state index is -0.529. The highest BCUT2D eigenvalue weighted by atomic mass is 127. The van der Waals surface area contributed by atoms with E-state index < -0.39 is 11.7 Å². The number of carbonyl (C=O) groups excluding carboxylic acids is 2. The van der Waals surface area contributed by atoms with Crippen LogP contribution in [0.5, 0.6) is 0 Å². The van der Waals surface area contributed by atoms with Gasteiger partial charge >= 0.3 is 12.1 Å². The van der Waals surface area contributed by atoms with Gasteiger partial charge in [0.15, 0.2) is 5.96 Å². The number of carbonyl (C=O) groups is 2. The third-order valence-electron chi connectivity index (χ3n) is 3.46. The third-order valence-corrected chi connectivity index (χ3v) is 3.46. The van der Waals surface area contributed by atoms with Crippen LogP contribution in [0.4, 0.5) is 10.5 Å². The van der Waals surface area contributed by atoms with Gasteiger partial charge in [-0.1, -0.05) is 12.1 Å². The number of nitrogens with one attached hydrogen (secondary N) is 3. The van der Waals surface area contributed by atoms with Crippen molar-refractivity contribution in [2.45, 2.75) is 46.1 Å². The zero-order valence-corrected chi connectivity index (χ0v) is 20.2. The molecule has 0 aliphatic rings. The molecule has 0 atom stereocenters. The molecule has 8 nitrogen and oxygen atoms in total. The number of aliphatic imine (C=N–C) groups is 1. The van der Waals surface area contributed by atoms with Gasteiger partial charge in [0.05, 0.1) is 20.1 Å². The Bertz CT molecular complexity index is 657. The summed E-state index contributed by atoms with van der Waals surface area (Å²) in [5.41, 5.74) is 1.27. The maximum atomic E-state index is 11.8. The summed E-state index contributed by atoms with van der Waals surface area (Å²) in [7, 11) is 1.36. The van der Waals surface area contributed by atoms with Gasteiger partial charge in [-0.25, -0.2) is 4.79 Å². The molecule has 29 heavy (non-hydrogen) atoms. The van der Waals surface area contributed by atoms with Crippen LogP contribution in [0, 0.1) is 0 Å². The fraction of sp³-hybridized carbons (Fsp3) is 0.550. The normalized spacial score (nSPS) is 11.1. The number of hydrogen-bond donors (Lipinski definition) is 3. The second-order valence-corrected chi connectivity index (χ2v) is 7.09. The lowest BCUT2D eigenvalue weighted by Crippen LogP contribution is -2.38. The molecular formula is C20H33IN4O4. The molecule has 0 aromatic heterocycles. The van der Waals surface area contributed by atoms with E-state index in [4.69, 9.17) is 4.74 Å². The molecule has 9 heteroatoms. The van der Waals surface area contributed by atoms with Crippen molar-refractivity contribution in [3.63, 3.8) is 0 Å². The standard InChI is InChI=1S/C20H32N4O4.HI/c1-6-21-18(23-14-12-17(25)27-5)22-13-11-15-7-9-16(10-8-15)24-19(26)28-20(2,3)4;/h7-10H,6,11-14H2,1-5H3,(H,24,26)(H2,21,22,23);1H. The number of nitrogens with zero attached hydrogens (tertiary/aromatic N) is 1. The molecule has 3 N–H and O–H groups in total. The fourth-order valence-corrected chi connectivity index (χ4v) is 2.20. The minimum absolute atomic E-state index is 0. The molecule has 164 valence electrons. The Kier molecular flexibility index (Phi) is 13.0. The van der Waals surface area contributed by atoms with E-state index in [0.29, 0.717) is 24.7 Å². The van der Waals surface area contributed by atoms with Crippen molar-refractivity contribution >= 4 is 47.7 Å². The SMILES string of the molecule is CCNC(=NCCC(=O)OC)NCCc1ccc(NC(=O)OC(C)(C)C)cc1.I. The molecule has 0 fully saturated rings. The number of anilines is 1. The predicted octanol–water partition coefficient (Wildman–Crippen LogP) is 3.31. The van der Waals surface area contributed by atoms with Crippen LogP contribution < -0.4 is 16.0 Å². The first kappa shape index (κ1) is 27.0. The number of rotatable bonds is 8. The van der Waals surface area contributed by atoms with Gasteiger partial charge in [-0.3, -0.25) is 15.1 Å². The van der Waals surface area contributed by atoms with E-state index in [2.05, 4.69) is 25.7 Å². The van der Waals surface area contributed by atoms with Crippen LogP contribution in [0.15, 0.2) is 29.3 Å². The Labute approximate surface area is 190 Å². The second kappa shape index (κ2) is 14.0. The summed E-state index contributed by atoms with van der Waals surface area (Å²) in [5, 5.41) is 9.08. The zero-order valence-electron chi connectivity index (χ0n) is 17.8. The van der Waals surface area contributed by atoms with E-state index in [1.165, 1.54) is 7.11 Å². The zero-order chi connectivity index (χ0) is 21.0. The van der Waals surface area contributed by atoms with Crippen LogP contribution in [-0.4, -0.2) is 50.4 Å². The third kappa shape index (κ3) is 12.9. The van der Waals surface area contributed by atoms with Crippen molar-refractivity contribution in [3.05, 3.63) is 29.8 Å². The minimum Gasteiger partial charge on any atom is -0.469 e. The number of methoxy groups -OCH3 is 1. The Morgan fingerprint density at radius 1 is 1.10 bits per heavy atom. The van der Waals surface area contributed by atoms with Crippen molar-refractivity contribution in [3.8, 4) is 0 Å². The summed E-state index contributed by atoms with van der Waals surface area (Å²) < 4.78 is 9.84. The number of amides is 1. The predicted molar refractivity (Wildman–Crippen MR) is 126 cm³/mol.